The maximum absolute atomic E-state index is 13.3. The number of morpholine rings is 1. The largest absolute Gasteiger partial charge is 0.379 e. The molecular formula is C21H25Cl2N3O4S. The van der Waals surface area contributed by atoms with Crippen LogP contribution in [-0.4, -0.2) is 65.2 Å². The summed E-state index contributed by atoms with van der Waals surface area (Å²) >= 11 is 12.0. The number of nitrogens with one attached hydrogen (secondary N) is 1. The van der Waals surface area contributed by atoms with Gasteiger partial charge in [-0.15, -0.1) is 0 Å². The minimum absolute atomic E-state index is 0.0389. The smallest absolute Gasteiger partial charge is 0.264 e. The molecular weight excluding hydrogens is 461 g/mol. The standard InChI is InChI=1S/C21H25Cl2N3O4S/c22-17-5-7-20(8-6-17)31(28,29)26(19-4-1-3-18(23)15-19)16-21(27)24-9-2-10-25-11-13-30-14-12-25/h1,3-8,15H,2,9-14,16H2,(H,24,27). The van der Waals surface area contributed by atoms with Crippen LogP contribution in [0, 0.1) is 0 Å². The second kappa shape index (κ2) is 11.2. The summed E-state index contributed by atoms with van der Waals surface area (Å²) in [7, 11) is -4.00. The Hall–Kier alpha value is -1.84. The van der Waals surface area contributed by atoms with E-state index in [9.17, 15) is 13.2 Å². The highest BCUT2D eigenvalue weighted by Gasteiger charge is 2.27. The summed E-state index contributed by atoms with van der Waals surface area (Å²) in [6, 6.07) is 12.2. The number of sulfonamides is 1. The molecule has 10 heteroatoms. The highest BCUT2D eigenvalue weighted by molar-refractivity contribution is 7.92. The van der Waals surface area contributed by atoms with Crippen molar-refractivity contribution in [2.75, 3.05) is 50.2 Å². The van der Waals surface area contributed by atoms with Crippen LogP contribution < -0.4 is 9.62 Å². The molecule has 0 unspecified atom stereocenters. The number of halogens is 2. The van der Waals surface area contributed by atoms with Crippen LogP contribution >= 0.6 is 23.2 Å². The van der Waals surface area contributed by atoms with Crippen molar-refractivity contribution in [1.82, 2.24) is 10.2 Å². The van der Waals surface area contributed by atoms with Crippen molar-refractivity contribution < 1.29 is 17.9 Å². The summed E-state index contributed by atoms with van der Waals surface area (Å²) in [5, 5.41) is 3.61. The molecule has 3 rings (SSSR count). The van der Waals surface area contributed by atoms with E-state index < -0.39 is 10.0 Å². The SMILES string of the molecule is O=C(CN(c1cccc(Cl)c1)S(=O)(=O)c1ccc(Cl)cc1)NCCCN1CCOCC1. The van der Waals surface area contributed by atoms with E-state index in [0.717, 1.165) is 43.6 Å². The first-order chi connectivity index (χ1) is 14.9. The maximum atomic E-state index is 13.3. The Morgan fingerprint density at radius 3 is 2.45 bits per heavy atom. The predicted octanol–water partition coefficient (Wildman–Crippen LogP) is 3.03. The van der Waals surface area contributed by atoms with Crippen LogP contribution in [0.2, 0.25) is 10.0 Å². The van der Waals surface area contributed by atoms with E-state index in [1.807, 2.05) is 0 Å². The van der Waals surface area contributed by atoms with E-state index in [-0.39, 0.29) is 17.3 Å². The van der Waals surface area contributed by atoms with E-state index in [1.54, 1.807) is 18.2 Å². The average molecular weight is 486 g/mol. The fourth-order valence-corrected chi connectivity index (χ4v) is 4.95. The van der Waals surface area contributed by atoms with Crippen molar-refractivity contribution in [3.8, 4) is 0 Å². The van der Waals surface area contributed by atoms with Crippen LogP contribution in [0.4, 0.5) is 5.69 Å². The number of anilines is 1. The van der Waals surface area contributed by atoms with Gasteiger partial charge in [-0.2, -0.15) is 0 Å². The molecule has 1 fully saturated rings. The third kappa shape index (κ3) is 6.82. The Morgan fingerprint density at radius 1 is 1.06 bits per heavy atom. The molecule has 0 radical (unpaired) electrons. The fourth-order valence-electron chi connectivity index (χ4n) is 3.22. The lowest BCUT2D eigenvalue weighted by atomic mass is 10.3. The molecule has 1 saturated heterocycles. The fraction of sp³-hybridized carbons (Fsp3) is 0.381. The summed E-state index contributed by atoms with van der Waals surface area (Å²) in [4.78, 5) is 14.9. The topological polar surface area (TPSA) is 79.0 Å². The molecule has 0 spiro atoms. The number of hydrogen-bond acceptors (Lipinski definition) is 5. The van der Waals surface area contributed by atoms with Crippen molar-refractivity contribution in [3.05, 3.63) is 58.6 Å². The highest BCUT2D eigenvalue weighted by atomic mass is 35.5. The third-order valence-electron chi connectivity index (χ3n) is 4.86. The Morgan fingerprint density at radius 2 is 1.77 bits per heavy atom. The summed E-state index contributed by atoms with van der Waals surface area (Å²) in [6.45, 7) is 4.17. The zero-order valence-corrected chi connectivity index (χ0v) is 19.3. The van der Waals surface area contributed by atoms with Gasteiger partial charge in [0.15, 0.2) is 0 Å². The van der Waals surface area contributed by atoms with Gasteiger partial charge in [-0.05, 0) is 55.4 Å². The molecule has 7 nitrogen and oxygen atoms in total. The number of rotatable bonds is 9. The number of ether oxygens (including phenoxy) is 1. The molecule has 1 amide bonds. The lowest BCUT2D eigenvalue weighted by Crippen LogP contribution is -2.42. The van der Waals surface area contributed by atoms with Crippen molar-refractivity contribution in [2.45, 2.75) is 11.3 Å². The van der Waals surface area contributed by atoms with E-state index in [4.69, 9.17) is 27.9 Å². The Labute approximate surface area is 192 Å². The van der Waals surface area contributed by atoms with Crippen LogP contribution in [0.15, 0.2) is 53.4 Å². The monoisotopic (exact) mass is 485 g/mol. The number of carbonyl (C=O) groups is 1. The molecule has 31 heavy (non-hydrogen) atoms. The molecule has 2 aromatic carbocycles. The Bertz CT molecular complexity index is 980. The van der Waals surface area contributed by atoms with Crippen LogP contribution in [-0.2, 0) is 19.6 Å². The molecule has 1 heterocycles. The van der Waals surface area contributed by atoms with Gasteiger partial charge in [-0.3, -0.25) is 14.0 Å². The molecule has 0 bridgehead atoms. The summed E-state index contributed by atoms with van der Waals surface area (Å²) in [5.74, 6) is -0.389. The summed E-state index contributed by atoms with van der Waals surface area (Å²) in [6.07, 6.45) is 0.771. The van der Waals surface area contributed by atoms with Crippen LogP contribution in [0.5, 0.6) is 0 Å². The maximum Gasteiger partial charge on any atom is 0.264 e. The number of carbonyl (C=O) groups excluding carboxylic acids is 1. The molecule has 168 valence electrons. The zero-order valence-electron chi connectivity index (χ0n) is 17.0. The quantitative estimate of drug-likeness (QED) is 0.552. The number of amides is 1. The van der Waals surface area contributed by atoms with Gasteiger partial charge in [-0.1, -0.05) is 29.3 Å². The first-order valence-electron chi connectivity index (χ1n) is 9.97. The van der Waals surface area contributed by atoms with Gasteiger partial charge in [0.2, 0.25) is 5.91 Å². The number of hydrogen-bond donors (Lipinski definition) is 1. The van der Waals surface area contributed by atoms with Gasteiger partial charge >= 0.3 is 0 Å². The first kappa shape index (κ1) is 23.8. The molecule has 1 N–H and O–H groups in total. The van der Waals surface area contributed by atoms with Crippen LogP contribution in [0.1, 0.15) is 6.42 Å². The average Bonchev–Trinajstić information content (AvgIpc) is 2.76. The number of nitrogens with zero attached hydrogens (tertiary/aromatic N) is 2. The summed E-state index contributed by atoms with van der Waals surface area (Å²) < 4.78 is 32.9. The predicted molar refractivity (Wildman–Crippen MR) is 122 cm³/mol. The summed E-state index contributed by atoms with van der Waals surface area (Å²) in [5.41, 5.74) is 0.311. The van der Waals surface area contributed by atoms with Gasteiger partial charge in [0, 0.05) is 29.7 Å². The van der Waals surface area contributed by atoms with Gasteiger partial charge in [-0.25, -0.2) is 8.42 Å². The van der Waals surface area contributed by atoms with Gasteiger partial charge in [0.05, 0.1) is 23.8 Å². The van der Waals surface area contributed by atoms with E-state index >= 15 is 0 Å². The highest BCUT2D eigenvalue weighted by Crippen LogP contribution is 2.26. The lowest BCUT2D eigenvalue weighted by molar-refractivity contribution is -0.119. The second-order valence-corrected chi connectivity index (χ2v) is 9.84. The molecule has 0 aliphatic carbocycles. The first-order valence-corrected chi connectivity index (χ1v) is 12.2. The van der Waals surface area contributed by atoms with E-state index in [0.29, 0.717) is 22.3 Å². The normalized spacial score (nSPS) is 14.9. The van der Waals surface area contributed by atoms with Crippen molar-refractivity contribution >= 4 is 44.8 Å². The Balaban J connectivity index is 1.68. The van der Waals surface area contributed by atoms with Crippen molar-refractivity contribution in [1.29, 1.82) is 0 Å². The second-order valence-electron chi connectivity index (χ2n) is 7.10. The van der Waals surface area contributed by atoms with E-state index in [2.05, 4.69) is 10.2 Å². The van der Waals surface area contributed by atoms with Crippen molar-refractivity contribution in [3.63, 3.8) is 0 Å². The third-order valence-corrected chi connectivity index (χ3v) is 7.14. The minimum atomic E-state index is -4.00. The molecule has 2 aromatic rings. The van der Waals surface area contributed by atoms with Gasteiger partial charge in [0.1, 0.15) is 6.54 Å². The molecule has 1 aliphatic rings. The zero-order chi connectivity index (χ0) is 22.3. The van der Waals surface area contributed by atoms with Crippen LogP contribution in [0.25, 0.3) is 0 Å². The molecule has 1 aliphatic heterocycles. The van der Waals surface area contributed by atoms with Crippen LogP contribution in [0.3, 0.4) is 0 Å². The van der Waals surface area contributed by atoms with Gasteiger partial charge in [0.25, 0.3) is 10.0 Å². The minimum Gasteiger partial charge on any atom is -0.379 e. The molecule has 0 aromatic heterocycles. The molecule has 0 saturated carbocycles. The molecule has 0 atom stereocenters. The van der Waals surface area contributed by atoms with Crippen molar-refractivity contribution in [2.24, 2.45) is 0 Å². The Kier molecular flexibility index (Phi) is 8.57. The van der Waals surface area contributed by atoms with E-state index in [1.165, 1.54) is 30.3 Å². The van der Waals surface area contributed by atoms with Gasteiger partial charge < -0.3 is 10.1 Å². The number of benzene rings is 2. The lowest BCUT2D eigenvalue weighted by Gasteiger charge is -2.26.